The summed E-state index contributed by atoms with van der Waals surface area (Å²) < 4.78 is 41.9. The molecule has 0 aliphatic carbocycles. The van der Waals surface area contributed by atoms with E-state index in [1.807, 2.05) is 0 Å². The normalized spacial score (nSPS) is 20.1. The number of aromatic nitrogens is 2. The summed E-state index contributed by atoms with van der Waals surface area (Å²) in [5.74, 6) is 0.710. The van der Waals surface area contributed by atoms with Gasteiger partial charge in [0, 0.05) is 6.07 Å². The number of alkyl halides is 3. The minimum Gasteiger partial charge on any atom is -0.477 e. The molecule has 1 aliphatic heterocycles. The number of nitrogens with zero attached hydrogens (tertiary/aromatic N) is 2. The van der Waals surface area contributed by atoms with Crippen LogP contribution in [0.2, 0.25) is 0 Å². The van der Waals surface area contributed by atoms with Crippen LogP contribution in [0.4, 0.5) is 13.2 Å². The lowest BCUT2D eigenvalue weighted by Gasteiger charge is -2.09. The molecule has 2 heterocycles. The number of hydrogen-bond donors (Lipinski definition) is 1. The van der Waals surface area contributed by atoms with Gasteiger partial charge in [-0.3, -0.25) is 0 Å². The van der Waals surface area contributed by atoms with Crippen molar-refractivity contribution < 1.29 is 17.9 Å². The van der Waals surface area contributed by atoms with Crippen LogP contribution in [0.25, 0.3) is 0 Å². The molecule has 1 aromatic rings. The van der Waals surface area contributed by atoms with Crippen molar-refractivity contribution in [2.75, 3.05) is 19.7 Å². The summed E-state index contributed by atoms with van der Waals surface area (Å²) in [4.78, 5) is 0. The molecule has 1 fully saturated rings. The van der Waals surface area contributed by atoms with E-state index in [-0.39, 0.29) is 5.88 Å². The van der Waals surface area contributed by atoms with E-state index in [0.29, 0.717) is 12.5 Å². The molecule has 1 aliphatic rings. The third-order valence-corrected chi connectivity index (χ3v) is 2.87. The first-order valence-electron chi connectivity index (χ1n) is 5.80. The number of ether oxygens (including phenoxy) is 1. The van der Waals surface area contributed by atoms with E-state index >= 15 is 0 Å². The van der Waals surface area contributed by atoms with Gasteiger partial charge in [-0.15, -0.1) is 10.2 Å². The number of nitrogens with one attached hydrogen (secondary N) is 1. The zero-order valence-corrected chi connectivity index (χ0v) is 9.70. The monoisotopic (exact) mass is 261 g/mol. The van der Waals surface area contributed by atoms with Crippen molar-refractivity contribution in [3.05, 3.63) is 17.8 Å². The van der Waals surface area contributed by atoms with Crippen molar-refractivity contribution in [1.82, 2.24) is 15.5 Å². The third kappa shape index (κ3) is 3.56. The quantitative estimate of drug-likeness (QED) is 0.899. The Balaban J connectivity index is 1.79. The van der Waals surface area contributed by atoms with Gasteiger partial charge in [0.25, 0.3) is 0 Å². The molecule has 0 radical (unpaired) electrons. The molecule has 1 atom stereocenters. The SMILES string of the molecule is FC(F)(F)c1ccc(OCCC2CCNC2)nn1. The Morgan fingerprint density at radius 2 is 2.17 bits per heavy atom. The van der Waals surface area contributed by atoms with E-state index in [0.717, 1.165) is 32.0 Å². The summed E-state index contributed by atoms with van der Waals surface area (Å²) in [7, 11) is 0. The van der Waals surface area contributed by atoms with Gasteiger partial charge in [-0.25, -0.2) is 0 Å². The second kappa shape index (κ2) is 5.51. The van der Waals surface area contributed by atoms with Crippen LogP contribution in [0.5, 0.6) is 5.88 Å². The van der Waals surface area contributed by atoms with Crippen LogP contribution in [0.15, 0.2) is 12.1 Å². The number of hydrogen-bond acceptors (Lipinski definition) is 4. The second-order valence-corrected chi connectivity index (χ2v) is 4.25. The molecule has 18 heavy (non-hydrogen) atoms. The standard InChI is InChI=1S/C11H14F3N3O/c12-11(13,14)9-1-2-10(17-16-9)18-6-4-8-3-5-15-7-8/h1-2,8,15H,3-7H2. The fourth-order valence-corrected chi connectivity index (χ4v) is 1.84. The van der Waals surface area contributed by atoms with Crippen molar-refractivity contribution in [1.29, 1.82) is 0 Å². The van der Waals surface area contributed by atoms with E-state index in [2.05, 4.69) is 15.5 Å². The van der Waals surface area contributed by atoms with Crippen LogP contribution in [-0.4, -0.2) is 29.9 Å². The molecule has 1 N–H and O–H groups in total. The van der Waals surface area contributed by atoms with E-state index in [9.17, 15) is 13.2 Å². The zero-order valence-electron chi connectivity index (χ0n) is 9.70. The highest BCUT2D eigenvalue weighted by Gasteiger charge is 2.32. The molecule has 1 saturated heterocycles. The Bertz CT molecular complexity index is 374. The maximum Gasteiger partial charge on any atom is 0.435 e. The molecule has 0 aromatic carbocycles. The Kier molecular flexibility index (Phi) is 4.00. The van der Waals surface area contributed by atoms with E-state index < -0.39 is 11.9 Å². The topological polar surface area (TPSA) is 47.0 Å². The molecular formula is C11H14F3N3O. The van der Waals surface area contributed by atoms with Crippen LogP contribution in [0, 0.1) is 5.92 Å². The van der Waals surface area contributed by atoms with Crippen LogP contribution >= 0.6 is 0 Å². The largest absolute Gasteiger partial charge is 0.477 e. The molecular weight excluding hydrogens is 247 g/mol. The molecule has 0 amide bonds. The fourth-order valence-electron chi connectivity index (χ4n) is 1.84. The van der Waals surface area contributed by atoms with Gasteiger partial charge in [-0.1, -0.05) is 0 Å². The summed E-state index contributed by atoms with van der Waals surface area (Å²) in [6.45, 7) is 2.44. The van der Waals surface area contributed by atoms with E-state index in [1.54, 1.807) is 0 Å². The van der Waals surface area contributed by atoms with Gasteiger partial charge >= 0.3 is 6.18 Å². The average Bonchev–Trinajstić information content (AvgIpc) is 2.82. The van der Waals surface area contributed by atoms with Crippen molar-refractivity contribution in [3.63, 3.8) is 0 Å². The van der Waals surface area contributed by atoms with Crippen molar-refractivity contribution in [2.45, 2.75) is 19.0 Å². The Labute approximate surface area is 103 Å². The Morgan fingerprint density at radius 3 is 2.72 bits per heavy atom. The molecule has 1 aromatic heterocycles. The van der Waals surface area contributed by atoms with Gasteiger partial charge in [0.2, 0.25) is 5.88 Å². The van der Waals surface area contributed by atoms with Gasteiger partial charge in [0.15, 0.2) is 5.69 Å². The van der Waals surface area contributed by atoms with E-state index in [1.165, 1.54) is 6.07 Å². The van der Waals surface area contributed by atoms with E-state index in [4.69, 9.17) is 4.74 Å². The minimum atomic E-state index is -4.46. The number of rotatable bonds is 4. The minimum absolute atomic E-state index is 0.133. The lowest BCUT2D eigenvalue weighted by Crippen LogP contribution is -2.13. The third-order valence-electron chi connectivity index (χ3n) is 2.87. The highest BCUT2D eigenvalue weighted by Crippen LogP contribution is 2.27. The van der Waals surface area contributed by atoms with Crippen LogP contribution in [0.3, 0.4) is 0 Å². The lowest BCUT2D eigenvalue weighted by molar-refractivity contribution is -0.141. The molecule has 7 heteroatoms. The highest BCUT2D eigenvalue weighted by molar-refractivity contribution is 5.13. The van der Waals surface area contributed by atoms with Gasteiger partial charge in [0.1, 0.15) is 0 Å². The van der Waals surface area contributed by atoms with Gasteiger partial charge in [-0.05, 0) is 37.9 Å². The molecule has 2 rings (SSSR count). The molecule has 0 saturated carbocycles. The first-order chi connectivity index (χ1) is 8.55. The van der Waals surface area contributed by atoms with Crippen molar-refractivity contribution >= 4 is 0 Å². The maximum atomic E-state index is 12.2. The maximum absolute atomic E-state index is 12.2. The smallest absolute Gasteiger partial charge is 0.435 e. The highest BCUT2D eigenvalue weighted by atomic mass is 19.4. The van der Waals surface area contributed by atoms with Crippen LogP contribution in [-0.2, 0) is 6.18 Å². The summed E-state index contributed by atoms with van der Waals surface area (Å²) in [6.07, 6.45) is -2.47. The molecule has 4 nitrogen and oxygen atoms in total. The summed E-state index contributed by atoms with van der Waals surface area (Å²) in [5, 5.41) is 9.73. The Hall–Kier alpha value is -1.37. The van der Waals surface area contributed by atoms with Gasteiger partial charge in [0.05, 0.1) is 6.61 Å². The second-order valence-electron chi connectivity index (χ2n) is 4.25. The molecule has 1 unspecified atom stereocenters. The molecule has 0 bridgehead atoms. The van der Waals surface area contributed by atoms with Crippen molar-refractivity contribution in [2.24, 2.45) is 5.92 Å². The fraction of sp³-hybridized carbons (Fsp3) is 0.636. The van der Waals surface area contributed by atoms with Crippen LogP contribution in [0.1, 0.15) is 18.5 Å². The summed E-state index contributed by atoms with van der Waals surface area (Å²) in [6, 6.07) is 2.07. The first kappa shape index (κ1) is 13.1. The first-order valence-corrected chi connectivity index (χ1v) is 5.80. The predicted molar refractivity (Wildman–Crippen MR) is 58.1 cm³/mol. The lowest BCUT2D eigenvalue weighted by atomic mass is 10.1. The van der Waals surface area contributed by atoms with Gasteiger partial charge in [-0.2, -0.15) is 13.2 Å². The Morgan fingerprint density at radius 1 is 1.33 bits per heavy atom. The summed E-state index contributed by atoms with van der Waals surface area (Å²) in [5.41, 5.74) is -1.00. The van der Waals surface area contributed by atoms with Crippen LogP contribution < -0.4 is 10.1 Å². The molecule has 0 spiro atoms. The van der Waals surface area contributed by atoms with Crippen molar-refractivity contribution in [3.8, 4) is 5.88 Å². The number of halogens is 3. The average molecular weight is 261 g/mol. The predicted octanol–water partition coefficient (Wildman–Crippen LogP) is 1.87. The zero-order chi connectivity index (χ0) is 13.0. The summed E-state index contributed by atoms with van der Waals surface area (Å²) >= 11 is 0. The molecule has 100 valence electrons. The van der Waals surface area contributed by atoms with Gasteiger partial charge < -0.3 is 10.1 Å².